The number of para-hydroxylation sites is 1. The summed E-state index contributed by atoms with van der Waals surface area (Å²) in [7, 11) is 4.13. The third kappa shape index (κ3) is 2.81. The maximum Gasteiger partial charge on any atom is 0.198 e. The summed E-state index contributed by atoms with van der Waals surface area (Å²) in [4.78, 5) is 7.02. The maximum absolute atomic E-state index is 5.56. The molecule has 1 atom stereocenters. The molecule has 0 N–H and O–H groups in total. The van der Waals surface area contributed by atoms with E-state index in [2.05, 4.69) is 41.6 Å². The van der Waals surface area contributed by atoms with E-state index in [1.54, 1.807) is 11.3 Å². The minimum absolute atomic E-state index is 0.218. The minimum Gasteiger partial charge on any atom is -0.307 e. The molecule has 0 spiro atoms. The van der Waals surface area contributed by atoms with E-state index in [1.807, 2.05) is 17.8 Å². The van der Waals surface area contributed by atoms with Crippen LogP contribution in [-0.2, 0) is 13.7 Å². The lowest BCUT2D eigenvalue weighted by molar-refractivity contribution is 0.194. The first-order valence-corrected chi connectivity index (χ1v) is 9.46. The van der Waals surface area contributed by atoms with Gasteiger partial charge >= 0.3 is 0 Å². The molecule has 0 saturated heterocycles. The van der Waals surface area contributed by atoms with Crippen LogP contribution in [0.15, 0.2) is 24.3 Å². The molecule has 0 radical (unpaired) electrons. The molecular weight excluding hydrogens is 338 g/mol. The van der Waals surface area contributed by atoms with Crippen LogP contribution in [0.5, 0.6) is 0 Å². The van der Waals surface area contributed by atoms with Crippen molar-refractivity contribution in [1.29, 1.82) is 0 Å². The zero-order valence-electron chi connectivity index (χ0n) is 14.1. The first kappa shape index (κ1) is 15.9. The first-order valence-electron chi connectivity index (χ1n) is 8.24. The Morgan fingerprint density at radius 1 is 1.38 bits per heavy atom. The molecule has 0 aliphatic heterocycles. The summed E-state index contributed by atoms with van der Waals surface area (Å²) in [6, 6.07) is 8.51. The largest absolute Gasteiger partial charge is 0.307 e. The lowest BCUT2D eigenvalue weighted by atomic mass is 10.3. The molecule has 0 amide bonds. The monoisotopic (exact) mass is 359 g/mol. The van der Waals surface area contributed by atoms with Gasteiger partial charge < -0.3 is 4.57 Å². The van der Waals surface area contributed by atoms with E-state index in [0.717, 1.165) is 21.1 Å². The van der Waals surface area contributed by atoms with Crippen molar-refractivity contribution in [3.8, 4) is 0 Å². The van der Waals surface area contributed by atoms with Gasteiger partial charge in [-0.25, -0.2) is 9.67 Å². The first-order chi connectivity index (χ1) is 11.5. The number of hydrogen-bond acceptors (Lipinski definition) is 5. The molecule has 1 aliphatic rings. The summed E-state index contributed by atoms with van der Waals surface area (Å²) >= 11 is 7.32. The van der Waals surface area contributed by atoms with Crippen LogP contribution >= 0.6 is 23.6 Å². The Morgan fingerprint density at radius 2 is 2.12 bits per heavy atom. The summed E-state index contributed by atoms with van der Waals surface area (Å²) in [5, 5.41) is 5.88. The number of aromatic nitrogens is 4. The highest BCUT2D eigenvalue weighted by molar-refractivity contribution is 7.71. The molecule has 2 aromatic heterocycles. The minimum atomic E-state index is 0.218. The van der Waals surface area contributed by atoms with Crippen molar-refractivity contribution in [2.24, 2.45) is 7.05 Å². The third-order valence-corrected chi connectivity index (χ3v) is 6.39. The van der Waals surface area contributed by atoms with Crippen LogP contribution in [0.1, 0.15) is 42.6 Å². The Balaban J connectivity index is 1.56. The van der Waals surface area contributed by atoms with E-state index in [9.17, 15) is 0 Å². The molecule has 1 saturated carbocycles. The van der Waals surface area contributed by atoms with Gasteiger partial charge in [0.05, 0.1) is 22.9 Å². The van der Waals surface area contributed by atoms with Crippen molar-refractivity contribution < 1.29 is 0 Å². The van der Waals surface area contributed by atoms with Crippen molar-refractivity contribution >= 4 is 33.8 Å². The molecule has 3 aromatic rings. The molecule has 4 rings (SSSR count). The zero-order chi connectivity index (χ0) is 16.8. The van der Waals surface area contributed by atoms with Gasteiger partial charge in [0.2, 0.25) is 0 Å². The fourth-order valence-corrected chi connectivity index (χ4v) is 4.16. The molecule has 1 fully saturated rings. The Labute approximate surface area is 150 Å². The number of benzene rings is 1. The quantitative estimate of drug-likeness (QED) is 0.643. The van der Waals surface area contributed by atoms with Crippen LogP contribution in [0.4, 0.5) is 0 Å². The normalized spacial score (nSPS) is 16.2. The third-order valence-electron chi connectivity index (χ3n) is 4.70. The fraction of sp³-hybridized carbons (Fsp3) is 0.471. The van der Waals surface area contributed by atoms with E-state index >= 15 is 0 Å². The number of fused-ring (bicyclic) bond motifs is 1. The SMILES string of the molecule is CC(c1nc2ccccc2s1)N(C)Cn1nc(C2CC2)n(C)c1=S. The number of nitrogens with zero attached hydrogens (tertiary/aromatic N) is 5. The van der Waals surface area contributed by atoms with Crippen molar-refractivity contribution in [3.05, 3.63) is 39.9 Å². The molecule has 1 unspecified atom stereocenters. The summed E-state index contributed by atoms with van der Waals surface area (Å²) in [5.74, 6) is 1.73. The Bertz CT molecular complexity index is 901. The molecule has 0 bridgehead atoms. The fourth-order valence-electron chi connectivity index (χ4n) is 2.88. The van der Waals surface area contributed by atoms with Gasteiger partial charge in [-0.1, -0.05) is 12.1 Å². The summed E-state index contributed by atoms with van der Waals surface area (Å²) in [6.07, 6.45) is 2.47. The number of rotatable bonds is 5. The second kappa shape index (κ2) is 6.06. The second-order valence-electron chi connectivity index (χ2n) is 6.57. The van der Waals surface area contributed by atoms with Crippen LogP contribution in [0, 0.1) is 4.77 Å². The van der Waals surface area contributed by atoms with E-state index in [4.69, 9.17) is 22.3 Å². The summed E-state index contributed by atoms with van der Waals surface area (Å²) < 4.78 is 6.02. The van der Waals surface area contributed by atoms with Gasteiger partial charge in [0.25, 0.3) is 0 Å². The standard InChI is InChI=1S/C17H21N5S2/c1-11(16-18-13-6-4-5-7-14(13)24-16)20(2)10-22-17(23)21(3)15(19-22)12-8-9-12/h4-7,11-12H,8-10H2,1-3H3. The van der Waals surface area contributed by atoms with Crippen molar-refractivity contribution in [2.75, 3.05) is 7.05 Å². The second-order valence-corrected chi connectivity index (χ2v) is 8.00. The van der Waals surface area contributed by atoms with Gasteiger partial charge in [0.15, 0.2) is 4.77 Å². The van der Waals surface area contributed by atoms with Crippen molar-refractivity contribution in [1.82, 2.24) is 24.2 Å². The van der Waals surface area contributed by atoms with Crippen LogP contribution in [0.3, 0.4) is 0 Å². The molecule has 1 aromatic carbocycles. The van der Waals surface area contributed by atoms with E-state index in [0.29, 0.717) is 12.6 Å². The molecular formula is C17H21N5S2. The molecule has 2 heterocycles. The molecule has 24 heavy (non-hydrogen) atoms. The highest BCUT2D eigenvalue weighted by atomic mass is 32.1. The van der Waals surface area contributed by atoms with Crippen LogP contribution in [0.25, 0.3) is 10.2 Å². The Kier molecular flexibility index (Phi) is 4.02. The van der Waals surface area contributed by atoms with E-state index in [1.165, 1.54) is 17.5 Å². The molecule has 7 heteroatoms. The van der Waals surface area contributed by atoms with Crippen molar-refractivity contribution in [2.45, 2.75) is 38.4 Å². The Morgan fingerprint density at radius 3 is 2.83 bits per heavy atom. The number of thiazole rings is 1. The average Bonchev–Trinajstić information content (AvgIpc) is 3.27. The molecule has 5 nitrogen and oxygen atoms in total. The van der Waals surface area contributed by atoms with Gasteiger partial charge in [-0.3, -0.25) is 4.90 Å². The molecule has 126 valence electrons. The number of hydrogen-bond donors (Lipinski definition) is 0. The van der Waals surface area contributed by atoms with Crippen molar-refractivity contribution in [3.63, 3.8) is 0 Å². The van der Waals surface area contributed by atoms with E-state index < -0.39 is 0 Å². The van der Waals surface area contributed by atoms with Gasteiger partial charge in [-0.15, -0.1) is 11.3 Å². The Hall–Kier alpha value is -1.57. The van der Waals surface area contributed by atoms with Crippen LogP contribution in [0.2, 0.25) is 0 Å². The van der Waals surface area contributed by atoms with Crippen LogP contribution < -0.4 is 0 Å². The predicted molar refractivity (Wildman–Crippen MR) is 99.8 cm³/mol. The smallest absolute Gasteiger partial charge is 0.198 e. The summed E-state index contributed by atoms with van der Waals surface area (Å²) in [5.41, 5.74) is 1.07. The topological polar surface area (TPSA) is 38.9 Å². The van der Waals surface area contributed by atoms with E-state index in [-0.39, 0.29) is 6.04 Å². The lowest BCUT2D eigenvalue weighted by Gasteiger charge is -2.22. The summed E-state index contributed by atoms with van der Waals surface area (Å²) in [6.45, 7) is 2.86. The van der Waals surface area contributed by atoms with Gasteiger partial charge in [-0.05, 0) is 51.2 Å². The average molecular weight is 360 g/mol. The lowest BCUT2D eigenvalue weighted by Crippen LogP contribution is -2.26. The van der Waals surface area contributed by atoms with Crippen LogP contribution in [-0.4, -0.2) is 31.3 Å². The zero-order valence-corrected chi connectivity index (χ0v) is 15.8. The van der Waals surface area contributed by atoms with Gasteiger partial charge in [0.1, 0.15) is 10.8 Å². The maximum atomic E-state index is 5.56. The molecule has 1 aliphatic carbocycles. The van der Waals surface area contributed by atoms with Gasteiger partial charge in [0, 0.05) is 13.0 Å². The predicted octanol–water partition coefficient (Wildman–Crippen LogP) is 4.09. The highest BCUT2D eigenvalue weighted by Gasteiger charge is 2.29. The van der Waals surface area contributed by atoms with Gasteiger partial charge in [-0.2, -0.15) is 5.10 Å². The highest BCUT2D eigenvalue weighted by Crippen LogP contribution is 2.39.